The Morgan fingerprint density at radius 3 is 2.93 bits per heavy atom. The molecular formula is C10H5BrClNO. The molecule has 0 amide bonds. The van der Waals surface area contributed by atoms with Gasteiger partial charge < -0.3 is 0 Å². The van der Waals surface area contributed by atoms with Crippen molar-refractivity contribution in [3.8, 4) is 0 Å². The van der Waals surface area contributed by atoms with Crippen molar-refractivity contribution in [2.45, 2.75) is 0 Å². The summed E-state index contributed by atoms with van der Waals surface area (Å²) < 4.78 is 0.834. The number of hydrogen-bond donors (Lipinski definition) is 0. The van der Waals surface area contributed by atoms with Gasteiger partial charge in [0.1, 0.15) is 5.15 Å². The average molecular weight is 271 g/mol. The molecule has 0 aliphatic rings. The molecule has 70 valence electrons. The van der Waals surface area contributed by atoms with Gasteiger partial charge in [0.15, 0.2) is 6.29 Å². The van der Waals surface area contributed by atoms with E-state index in [4.69, 9.17) is 11.6 Å². The van der Waals surface area contributed by atoms with Crippen LogP contribution < -0.4 is 0 Å². The first-order valence-electron chi connectivity index (χ1n) is 3.92. The molecule has 0 saturated carbocycles. The summed E-state index contributed by atoms with van der Waals surface area (Å²) in [6, 6.07) is 7.12. The highest BCUT2D eigenvalue weighted by molar-refractivity contribution is 9.10. The lowest BCUT2D eigenvalue weighted by Gasteiger charge is -2.02. The fourth-order valence-corrected chi connectivity index (χ4v) is 1.96. The standard InChI is InChI=1S/C10H5BrClNO/c11-8-3-1-2-7-6(5-14)4-9(12)13-10(7)8/h1-5H. The Bertz CT molecular complexity index is 513. The number of halogens is 2. The van der Waals surface area contributed by atoms with Crippen LogP contribution in [-0.4, -0.2) is 11.3 Å². The Morgan fingerprint density at radius 1 is 1.43 bits per heavy atom. The number of carbonyl (C=O) groups is 1. The minimum absolute atomic E-state index is 0.325. The van der Waals surface area contributed by atoms with Crippen molar-refractivity contribution < 1.29 is 4.79 Å². The third kappa shape index (κ3) is 1.53. The van der Waals surface area contributed by atoms with E-state index >= 15 is 0 Å². The van der Waals surface area contributed by atoms with Crippen molar-refractivity contribution in [2.24, 2.45) is 0 Å². The predicted molar refractivity (Wildman–Crippen MR) is 59.8 cm³/mol. The van der Waals surface area contributed by atoms with Crippen molar-refractivity contribution in [3.05, 3.63) is 39.5 Å². The van der Waals surface area contributed by atoms with Gasteiger partial charge in [0.25, 0.3) is 0 Å². The second kappa shape index (κ2) is 3.67. The van der Waals surface area contributed by atoms with Crippen molar-refractivity contribution in [2.75, 3.05) is 0 Å². The van der Waals surface area contributed by atoms with Gasteiger partial charge >= 0.3 is 0 Å². The summed E-state index contributed by atoms with van der Waals surface area (Å²) in [5.41, 5.74) is 1.27. The Morgan fingerprint density at radius 2 is 2.21 bits per heavy atom. The number of rotatable bonds is 1. The van der Waals surface area contributed by atoms with E-state index < -0.39 is 0 Å². The van der Waals surface area contributed by atoms with Crippen LogP contribution in [0, 0.1) is 0 Å². The monoisotopic (exact) mass is 269 g/mol. The summed E-state index contributed by atoms with van der Waals surface area (Å²) in [6.45, 7) is 0. The van der Waals surface area contributed by atoms with Gasteiger partial charge in [-0.2, -0.15) is 0 Å². The van der Waals surface area contributed by atoms with Crippen LogP contribution in [0.25, 0.3) is 10.9 Å². The maximum atomic E-state index is 10.8. The number of nitrogens with zero attached hydrogens (tertiary/aromatic N) is 1. The first-order chi connectivity index (χ1) is 6.72. The van der Waals surface area contributed by atoms with Crippen molar-refractivity contribution in [1.82, 2.24) is 4.98 Å². The molecule has 0 aliphatic carbocycles. The van der Waals surface area contributed by atoms with Crippen LogP contribution in [0.2, 0.25) is 5.15 Å². The highest BCUT2D eigenvalue weighted by Gasteiger charge is 2.05. The topological polar surface area (TPSA) is 30.0 Å². The van der Waals surface area contributed by atoms with Crippen LogP contribution in [0.4, 0.5) is 0 Å². The van der Waals surface area contributed by atoms with Gasteiger partial charge in [0.05, 0.1) is 5.52 Å². The van der Waals surface area contributed by atoms with Crippen molar-refractivity contribution in [1.29, 1.82) is 0 Å². The number of carbonyl (C=O) groups excluding carboxylic acids is 1. The molecule has 4 heteroatoms. The van der Waals surface area contributed by atoms with Crippen LogP contribution in [0.15, 0.2) is 28.7 Å². The number of pyridine rings is 1. The number of benzene rings is 1. The van der Waals surface area contributed by atoms with E-state index in [0.717, 1.165) is 16.1 Å². The molecule has 0 aliphatic heterocycles. The van der Waals surface area contributed by atoms with E-state index in [1.165, 1.54) is 0 Å². The van der Waals surface area contributed by atoms with Crippen molar-refractivity contribution >= 4 is 44.7 Å². The minimum Gasteiger partial charge on any atom is -0.298 e. The molecule has 2 nitrogen and oxygen atoms in total. The molecule has 2 rings (SSSR count). The number of para-hydroxylation sites is 1. The lowest BCUT2D eigenvalue weighted by atomic mass is 10.1. The summed E-state index contributed by atoms with van der Waals surface area (Å²) in [5, 5.41) is 1.13. The zero-order chi connectivity index (χ0) is 10.1. The molecule has 0 N–H and O–H groups in total. The third-order valence-corrected chi connectivity index (χ3v) is 2.75. The molecule has 0 atom stereocenters. The molecule has 0 bridgehead atoms. The minimum atomic E-state index is 0.325. The molecule has 0 radical (unpaired) electrons. The van der Waals surface area contributed by atoms with Gasteiger partial charge in [-0.15, -0.1) is 0 Å². The summed E-state index contributed by atoms with van der Waals surface area (Å²) in [7, 11) is 0. The molecule has 0 unspecified atom stereocenters. The second-order valence-corrected chi connectivity index (χ2v) is 4.03. The van der Waals surface area contributed by atoms with Crippen LogP contribution in [-0.2, 0) is 0 Å². The Balaban J connectivity index is 2.94. The number of aromatic nitrogens is 1. The van der Waals surface area contributed by atoms with E-state index in [9.17, 15) is 4.79 Å². The molecule has 1 heterocycles. The molecule has 2 aromatic rings. The Hall–Kier alpha value is -0.930. The predicted octanol–water partition coefficient (Wildman–Crippen LogP) is 3.46. The lowest BCUT2D eigenvalue weighted by Crippen LogP contribution is -1.88. The largest absolute Gasteiger partial charge is 0.298 e. The normalized spacial score (nSPS) is 10.4. The molecule has 0 fully saturated rings. The molecule has 1 aromatic carbocycles. The second-order valence-electron chi connectivity index (χ2n) is 2.79. The van der Waals surface area contributed by atoms with E-state index in [2.05, 4.69) is 20.9 Å². The van der Waals surface area contributed by atoms with Gasteiger partial charge in [0, 0.05) is 15.4 Å². The first kappa shape index (κ1) is 9.62. The van der Waals surface area contributed by atoms with Gasteiger partial charge in [0.2, 0.25) is 0 Å². The Kier molecular flexibility index (Phi) is 2.52. The maximum absolute atomic E-state index is 10.8. The van der Waals surface area contributed by atoms with Gasteiger partial charge in [-0.25, -0.2) is 4.98 Å². The fraction of sp³-hybridized carbons (Fsp3) is 0. The molecular weight excluding hydrogens is 265 g/mol. The number of fused-ring (bicyclic) bond motifs is 1. The van der Waals surface area contributed by atoms with Crippen molar-refractivity contribution in [3.63, 3.8) is 0 Å². The fourth-order valence-electron chi connectivity index (χ4n) is 1.30. The SMILES string of the molecule is O=Cc1cc(Cl)nc2c(Br)cccc12. The Labute approximate surface area is 94.0 Å². The number of aldehydes is 1. The van der Waals surface area contributed by atoms with Gasteiger partial charge in [-0.05, 0) is 28.1 Å². The van der Waals surface area contributed by atoms with Crippen LogP contribution in [0.3, 0.4) is 0 Å². The summed E-state index contributed by atoms with van der Waals surface area (Å²) >= 11 is 9.14. The zero-order valence-electron chi connectivity index (χ0n) is 7.00. The van der Waals surface area contributed by atoms with Gasteiger partial charge in [-0.1, -0.05) is 23.7 Å². The third-order valence-electron chi connectivity index (χ3n) is 1.92. The summed E-state index contributed by atoms with van der Waals surface area (Å²) in [6.07, 6.45) is 0.780. The summed E-state index contributed by atoms with van der Waals surface area (Å²) in [4.78, 5) is 14.9. The molecule has 1 aromatic heterocycles. The maximum Gasteiger partial charge on any atom is 0.150 e. The van der Waals surface area contributed by atoms with E-state index in [0.29, 0.717) is 16.2 Å². The molecule has 0 spiro atoms. The zero-order valence-corrected chi connectivity index (χ0v) is 9.34. The lowest BCUT2D eigenvalue weighted by molar-refractivity contribution is 0.112. The van der Waals surface area contributed by atoms with Gasteiger partial charge in [-0.3, -0.25) is 4.79 Å². The van der Waals surface area contributed by atoms with E-state index in [-0.39, 0.29) is 0 Å². The van der Waals surface area contributed by atoms with Crippen LogP contribution in [0.5, 0.6) is 0 Å². The van der Waals surface area contributed by atoms with E-state index in [1.807, 2.05) is 18.2 Å². The quantitative estimate of drug-likeness (QED) is 0.587. The smallest absolute Gasteiger partial charge is 0.150 e. The highest BCUT2D eigenvalue weighted by atomic mass is 79.9. The summed E-state index contributed by atoms with van der Waals surface area (Å²) in [5.74, 6) is 0. The molecule has 0 saturated heterocycles. The van der Waals surface area contributed by atoms with Crippen LogP contribution >= 0.6 is 27.5 Å². The number of hydrogen-bond acceptors (Lipinski definition) is 2. The molecule has 14 heavy (non-hydrogen) atoms. The first-order valence-corrected chi connectivity index (χ1v) is 5.09. The average Bonchev–Trinajstić information content (AvgIpc) is 2.18. The van der Waals surface area contributed by atoms with Crippen LogP contribution in [0.1, 0.15) is 10.4 Å². The van der Waals surface area contributed by atoms with E-state index in [1.54, 1.807) is 6.07 Å². The highest BCUT2D eigenvalue weighted by Crippen LogP contribution is 2.25.